The van der Waals surface area contributed by atoms with Crippen molar-refractivity contribution in [1.82, 2.24) is 0 Å². The first-order chi connectivity index (χ1) is 48.8. The molecular formula is C80H102N3O15P. The first kappa shape index (κ1) is 76.7. The van der Waals surface area contributed by atoms with Gasteiger partial charge in [-0.1, -0.05) is 295 Å². The molecule has 0 spiro atoms. The van der Waals surface area contributed by atoms with Gasteiger partial charge in [-0.15, -0.1) is 0 Å². The molecule has 18 nitrogen and oxygen atoms in total. The minimum Gasteiger partial charge on any atom is -0.379 e. The van der Waals surface area contributed by atoms with Gasteiger partial charge in [-0.2, -0.15) is 0 Å². The van der Waals surface area contributed by atoms with Crippen molar-refractivity contribution in [3.63, 3.8) is 0 Å². The molecule has 1 unspecified atom stereocenters. The standard InChI is InChI=1S/C80H102N3O15P/c1-3-5-7-9-11-34-50-86-59-69(88-51-35-12-10-8-6-4-2)60-95-99(84,85)98-79-77(94-58-68-48-32-19-33-49-68)75(92-56-66-44-28-17-29-45-66)74(91-55-65-42-26-16-27-43-65)76(93-57-67-46-30-18-31-47-67)78(79)97-80-71(82-83-81)73(90-54-64-40-24-15-25-41-64)72(89-53-63-38-22-14-23-39-63)70(96-80)61-87-52-62-36-20-13-21-37-62/h13-33,36-49,69-80H,3-12,34-35,50-61H2,1-2H3,(H,84,85)/t69-,70-,71-,72-,73-,74-,75-,76+,77-,78-,79-,80-/m1/s1. The molecule has 0 amide bonds. The van der Waals surface area contributed by atoms with E-state index in [2.05, 4.69) is 23.9 Å². The Morgan fingerprint density at radius 2 is 0.778 bits per heavy atom. The summed E-state index contributed by atoms with van der Waals surface area (Å²) in [5, 5.41) is 4.49. The molecule has 7 aromatic rings. The Morgan fingerprint density at radius 1 is 0.424 bits per heavy atom. The van der Waals surface area contributed by atoms with Crippen molar-refractivity contribution in [2.45, 2.75) is 211 Å². The molecule has 1 heterocycles. The molecule has 1 saturated heterocycles. The zero-order valence-electron chi connectivity index (χ0n) is 57.6. The van der Waals surface area contributed by atoms with Crippen molar-refractivity contribution in [1.29, 1.82) is 0 Å². The minimum atomic E-state index is -5.27. The van der Waals surface area contributed by atoms with Crippen molar-refractivity contribution in [2.75, 3.05) is 33.0 Å². The largest absolute Gasteiger partial charge is 0.472 e. The number of hydrogen-bond donors (Lipinski definition) is 1. The lowest BCUT2D eigenvalue weighted by Gasteiger charge is -2.52. The topological polar surface area (TPSA) is 206 Å². The second-order valence-electron chi connectivity index (χ2n) is 25.3. The summed E-state index contributed by atoms with van der Waals surface area (Å²) in [7, 11) is -5.27. The predicted molar refractivity (Wildman–Crippen MR) is 381 cm³/mol. The van der Waals surface area contributed by atoms with Crippen molar-refractivity contribution < 1.29 is 70.6 Å². The van der Waals surface area contributed by atoms with E-state index >= 15 is 4.57 Å². The summed E-state index contributed by atoms with van der Waals surface area (Å²) in [6.45, 7) is 5.50. The molecular weight excluding hydrogens is 1270 g/mol. The average Bonchev–Trinajstić information content (AvgIpc) is 0.754. The Balaban J connectivity index is 1.15. The summed E-state index contributed by atoms with van der Waals surface area (Å²) < 4.78 is 105. The highest BCUT2D eigenvalue weighted by Crippen LogP contribution is 2.50. The summed E-state index contributed by atoms with van der Waals surface area (Å²) in [4.78, 5) is 16.1. The van der Waals surface area contributed by atoms with Crippen LogP contribution in [0.2, 0.25) is 0 Å². The van der Waals surface area contributed by atoms with Crippen LogP contribution in [-0.2, 0) is 112 Å². The number of nitrogens with zero attached hydrogens (tertiary/aromatic N) is 3. The van der Waals surface area contributed by atoms with E-state index in [0.29, 0.717) is 13.2 Å². The number of azide groups is 1. The third kappa shape index (κ3) is 26.4. The van der Waals surface area contributed by atoms with E-state index in [1.54, 1.807) is 0 Å². The molecule has 0 bridgehead atoms. The molecule has 532 valence electrons. The van der Waals surface area contributed by atoms with Gasteiger partial charge in [0, 0.05) is 18.1 Å². The lowest BCUT2D eigenvalue weighted by Crippen LogP contribution is -2.69. The van der Waals surface area contributed by atoms with Crippen molar-refractivity contribution >= 4 is 7.82 Å². The fraction of sp³-hybridized carbons (Fsp3) is 0.475. The van der Waals surface area contributed by atoms with Gasteiger partial charge in [-0.3, -0.25) is 9.05 Å². The van der Waals surface area contributed by atoms with Gasteiger partial charge in [0.2, 0.25) is 0 Å². The highest BCUT2D eigenvalue weighted by atomic mass is 31.2. The van der Waals surface area contributed by atoms with Gasteiger partial charge >= 0.3 is 7.82 Å². The molecule has 1 aliphatic carbocycles. The minimum absolute atomic E-state index is 0.00661. The first-order valence-electron chi connectivity index (χ1n) is 35.5. The van der Waals surface area contributed by atoms with Crippen LogP contribution in [0, 0.1) is 0 Å². The fourth-order valence-corrected chi connectivity index (χ4v) is 13.3. The van der Waals surface area contributed by atoms with E-state index in [4.69, 9.17) is 61.2 Å². The van der Waals surface area contributed by atoms with Crippen molar-refractivity contribution in [3.8, 4) is 0 Å². The van der Waals surface area contributed by atoms with Crippen LogP contribution in [-0.4, -0.2) is 111 Å². The van der Waals surface area contributed by atoms with E-state index in [0.717, 1.165) is 96.7 Å². The van der Waals surface area contributed by atoms with Crippen LogP contribution in [0.5, 0.6) is 0 Å². The monoisotopic (exact) mass is 1380 g/mol. The molecule has 13 atom stereocenters. The lowest BCUT2D eigenvalue weighted by molar-refractivity contribution is -0.337. The molecule has 0 aromatic heterocycles. The Kier molecular flexibility index (Phi) is 34.1. The van der Waals surface area contributed by atoms with Crippen LogP contribution in [0.4, 0.5) is 0 Å². The van der Waals surface area contributed by atoms with E-state index in [9.17, 15) is 10.4 Å². The Bertz CT molecular complexity index is 3340. The van der Waals surface area contributed by atoms with Crippen LogP contribution in [0.15, 0.2) is 217 Å². The molecule has 1 saturated carbocycles. The number of ether oxygens (including phenoxy) is 11. The maximum Gasteiger partial charge on any atom is 0.472 e. The van der Waals surface area contributed by atoms with Gasteiger partial charge in [-0.25, -0.2) is 4.57 Å². The maximum atomic E-state index is 15.6. The average molecular weight is 1380 g/mol. The van der Waals surface area contributed by atoms with E-state index < -0.39 is 81.2 Å². The molecule has 1 N–H and O–H groups in total. The molecule has 99 heavy (non-hydrogen) atoms. The van der Waals surface area contributed by atoms with Gasteiger partial charge < -0.3 is 57.0 Å². The van der Waals surface area contributed by atoms with Gasteiger partial charge in [0.25, 0.3) is 0 Å². The van der Waals surface area contributed by atoms with Gasteiger partial charge in [-0.05, 0) is 57.3 Å². The molecule has 2 fully saturated rings. The molecule has 9 rings (SSSR count). The fourth-order valence-electron chi connectivity index (χ4n) is 12.3. The molecule has 2 aliphatic rings. The van der Waals surface area contributed by atoms with Crippen LogP contribution in [0.25, 0.3) is 10.4 Å². The third-order valence-electron chi connectivity index (χ3n) is 17.6. The maximum absolute atomic E-state index is 15.6. The van der Waals surface area contributed by atoms with E-state index in [1.807, 2.05) is 212 Å². The number of phosphoric ester groups is 1. The molecule has 19 heteroatoms. The Hall–Kier alpha value is -6.48. The quantitative estimate of drug-likeness (QED) is 0.0124. The Morgan fingerprint density at radius 3 is 1.19 bits per heavy atom. The highest BCUT2D eigenvalue weighted by Gasteiger charge is 2.59. The summed E-state index contributed by atoms with van der Waals surface area (Å²) in [6.07, 6.45) is -0.391. The number of phosphoric acid groups is 1. The second kappa shape index (κ2) is 44.0. The predicted octanol–water partition coefficient (Wildman–Crippen LogP) is 17.1. The lowest BCUT2D eigenvalue weighted by atomic mass is 9.83. The van der Waals surface area contributed by atoms with Gasteiger partial charge in [0.15, 0.2) is 6.29 Å². The van der Waals surface area contributed by atoms with Crippen molar-refractivity contribution in [2.24, 2.45) is 5.11 Å². The summed E-state index contributed by atoms with van der Waals surface area (Å²) >= 11 is 0. The first-order valence-corrected chi connectivity index (χ1v) is 37.0. The zero-order chi connectivity index (χ0) is 68.8. The van der Waals surface area contributed by atoms with E-state index in [1.165, 1.54) is 19.3 Å². The smallest absolute Gasteiger partial charge is 0.379 e. The van der Waals surface area contributed by atoms with Crippen molar-refractivity contribution in [3.05, 3.63) is 262 Å². The summed E-state index contributed by atoms with van der Waals surface area (Å²) in [6, 6.07) is 66.4. The number of unbranched alkanes of at least 4 members (excludes halogenated alkanes) is 10. The highest BCUT2D eigenvalue weighted by molar-refractivity contribution is 7.47. The van der Waals surface area contributed by atoms with Gasteiger partial charge in [0.05, 0.1) is 66.1 Å². The van der Waals surface area contributed by atoms with Crippen LogP contribution < -0.4 is 0 Å². The Labute approximate surface area is 586 Å². The molecule has 7 aromatic carbocycles. The SMILES string of the molecule is CCCCCCCCOC[C@H](COP(=O)(O)O[C@@H]1[C@H](OCc2ccccc2)[C@H](OCc2ccccc2)[C@@H](OCc2ccccc2)[C@H](OCc2ccccc2)[C@H]1O[C@H]1O[C@H](COCc2ccccc2)[C@@H](OCc2ccccc2)[C@H](OCc2ccccc2)[C@H]1N=[N+]=[N-])OCCCCCCCC. The molecule has 0 radical (unpaired) electrons. The van der Waals surface area contributed by atoms with Gasteiger partial charge in [0.1, 0.15) is 67.1 Å². The second-order valence-corrected chi connectivity index (χ2v) is 26.8. The summed E-state index contributed by atoms with van der Waals surface area (Å²) in [5.74, 6) is 0. The normalized spacial score (nSPS) is 22.5. The third-order valence-corrected chi connectivity index (χ3v) is 18.6. The molecule has 1 aliphatic heterocycles. The van der Waals surface area contributed by atoms with Crippen LogP contribution in [0.3, 0.4) is 0 Å². The zero-order valence-corrected chi connectivity index (χ0v) is 58.5. The summed E-state index contributed by atoms with van der Waals surface area (Å²) in [5.41, 5.74) is 16.7. The van der Waals surface area contributed by atoms with Crippen LogP contribution >= 0.6 is 7.82 Å². The van der Waals surface area contributed by atoms with Crippen LogP contribution in [0.1, 0.15) is 130 Å². The number of benzene rings is 7. The van der Waals surface area contributed by atoms with E-state index in [-0.39, 0.29) is 66.1 Å². The number of rotatable bonds is 47. The number of hydrogen-bond acceptors (Lipinski definition) is 15.